The predicted molar refractivity (Wildman–Crippen MR) is 90.0 cm³/mol. The fourth-order valence-electron chi connectivity index (χ4n) is 2.41. The smallest absolute Gasteiger partial charge is 0.0645 e. The second kappa shape index (κ2) is 7.83. The Morgan fingerprint density at radius 2 is 2.14 bits per heavy atom. The summed E-state index contributed by atoms with van der Waals surface area (Å²) in [5.74, 6) is 0.574. The van der Waals surface area contributed by atoms with E-state index in [-0.39, 0.29) is 0 Å². The van der Waals surface area contributed by atoms with Crippen LogP contribution in [0.5, 0.6) is 0 Å². The van der Waals surface area contributed by atoms with Crippen LogP contribution in [0.1, 0.15) is 26.3 Å². The molecule has 0 radical (unpaired) electrons. The van der Waals surface area contributed by atoms with Gasteiger partial charge in [0, 0.05) is 41.8 Å². The van der Waals surface area contributed by atoms with Gasteiger partial charge < -0.3 is 14.6 Å². The monoisotopic (exact) mass is 308 g/mol. The summed E-state index contributed by atoms with van der Waals surface area (Å²) in [6.45, 7) is 10.7. The van der Waals surface area contributed by atoms with Gasteiger partial charge in [-0.25, -0.2) is 0 Å². The molecule has 0 saturated heterocycles. The van der Waals surface area contributed by atoms with Gasteiger partial charge in [0.05, 0.1) is 6.61 Å². The summed E-state index contributed by atoms with van der Waals surface area (Å²) in [5.41, 5.74) is 2.50. The number of halogens is 1. The van der Waals surface area contributed by atoms with E-state index >= 15 is 0 Å². The molecule has 2 aromatic rings. The third-order valence-corrected chi connectivity index (χ3v) is 3.66. The summed E-state index contributed by atoms with van der Waals surface area (Å²) in [6.07, 6.45) is 2.21. The van der Waals surface area contributed by atoms with E-state index in [2.05, 4.69) is 42.9 Å². The van der Waals surface area contributed by atoms with Crippen molar-refractivity contribution in [1.82, 2.24) is 9.88 Å². The Kier molecular flexibility index (Phi) is 6.09. The highest BCUT2D eigenvalue weighted by atomic mass is 35.5. The number of benzene rings is 1. The molecule has 0 unspecified atom stereocenters. The van der Waals surface area contributed by atoms with Crippen molar-refractivity contribution in [3.8, 4) is 0 Å². The molecule has 0 fully saturated rings. The van der Waals surface area contributed by atoms with Crippen molar-refractivity contribution in [2.75, 3.05) is 19.8 Å². The zero-order chi connectivity index (χ0) is 15.2. The number of fused-ring (bicyclic) bond motifs is 1. The van der Waals surface area contributed by atoms with Crippen LogP contribution >= 0.6 is 11.6 Å². The Morgan fingerprint density at radius 1 is 1.33 bits per heavy atom. The van der Waals surface area contributed by atoms with Gasteiger partial charge in [-0.3, -0.25) is 0 Å². The molecular formula is C17H25ClN2O. The largest absolute Gasteiger partial charge is 0.379 e. The quantitative estimate of drug-likeness (QED) is 0.744. The average molecular weight is 309 g/mol. The topological polar surface area (TPSA) is 26.2 Å². The molecule has 0 aliphatic heterocycles. The second-order valence-electron chi connectivity index (χ2n) is 5.76. The number of aromatic nitrogens is 1. The number of ether oxygens (including phenoxy) is 1. The molecule has 1 heterocycles. The molecule has 4 heteroatoms. The van der Waals surface area contributed by atoms with Gasteiger partial charge in [0.1, 0.15) is 0 Å². The van der Waals surface area contributed by atoms with Crippen LogP contribution in [0, 0.1) is 5.92 Å². The molecule has 116 valence electrons. The maximum Gasteiger partial charge on any atom is 0.0645 e. The van der Waals surface area contributed by atoms with Crippen LogP contribution in [0.25, 0.3) is 10.9 Å². The van der Waals surface area contributed by atoms with Crippen LogP contribution in [0.2, 0.25) is 5.02 Å². The van der Waals surface area contributed by atoms with Crippen LogP contribution in [-0.4, -0.2) is 24.3 Å². The molecule has 0 bridgehead atoms. The molecular weight excluding hydrogens is 284 g/mol. The Balaban J connectivity index is 2.15. The van der Waals surface area contributed by atoms with Crippen LogP contribution in [0.15, 0.2) is 24.4 Å². The Morgan fingerprint density at radius 3 is 2.86 bits per heavy atom. The normalized spacial score (nSPS) is 11.7. The Hall–Kier alpha value is -1.03. The maximum absolute atomic E-state index is 6.15. The second-order valence-corrected chi connectivity index (χ2v) is 6.19. The minimum atomic E-state index is 0.574. The average Bonchev–Trinajstić information content (AvgIpc) is 2.78. The standard InChI is InChI=1S/C17H25ClN2O/c1-4-19-10-14-11-20(7-8-21-12-13(2)3)17-9-15(18)5-6-16(14)17/h5-6,9,11,13,19H,4,7-8,10,12H2,1-3H3. The lowest BCUT2D eigenvalue weighted by Gasteiger charge is -2.08. The molecule has 0 aliphatic carbocycles. The molecule has 0 spiro atoms. The van der Waals surface area contributed by atoms with Crippen molar-refractivity contribution in [3.05, 3.63) is 35.0 Å². The highest BCUT2D eigenvalue weighted by Crippen LogP contribution is 2.25. The van der Waals surface area contributed by atoms with Crippen molar-refractivity contribution >= 4 is 22.5 Å². The van der Waals surface area contributed by atoms with Crippen molar-refractivity contribution in [2.45, 2.75) is 33.9 Å². The molecule has 3 nitrogen and oxygen atoms in total. The van der Waals surface area contributed by atoms with Gasteiger partial charge >= 0.3 is 0 Å². The lowest BCUT2D eigenvalue weighted by Crippen LogP contribution is -2.11. The summed E-state index contributed by atoms with van der Waals surface area (Å²) >= 11 is 6.15. The van der Waals surface area contributed by atoms with Crippen molar-refractivity contribution in [3.63, 3.8) is 0 Å². The Labute approximate surface area is 132 Å². The van der Waals surface area contributed by atoms with Crippen LogP contribution in [0.3, 0.4) is 0 Å². The lowest BCUT2D eigenvalue weighted by molar-refractivity contribution is 0.104. The predicted octanol–water partition coefficient (Wildman–Crippen LogP) is 4.08. The molecule has 0 amide bonds. The number of hydrogen-bond donors (Lipinski definition) is 1. The molecule has 0 aliphatic rings. The van der Waals surface area contributed by atoms with E-state index in [9.17, 15) is 0 Å². The first-order valence-corrected chi connectivity index (χ1v) is 8.05. The van der Waals surface area contributed by atoms with E-state index in [0.29, 0.717) is 5.92 Å². The number of hydrogen-bond acceptors (Lipinski definition) is 2. The van der Waals surface area contributed by atoms with E-state index in [1.54, 1.807) is 0 Å². The van der Waals surface area contributed by atoms with Gasteiger partial charge in [-0.15, -0.1) is 0 Å². The van der Waals surface area contributed by atoms with Gasteiger partial charge in [0.2, 0.25) is 0 Å². The van der Waals surface area contributed by atoms with Crippen molar-refractivity contribution in [1.29, 1.82) is 0 Å². The summed E-state index contributed by atoms with van der Waals surface area (Å²) in [6, 6.07) is 6.10. The van der Waals surface area contributed by atoms with Gasteiger partial charge in [-0.2, -0.15) is 0 Å². The highest BCUT2D eigenvalue weighted by molar-refractivity contribution is 6.31. The van der Waals surface area contributed by atoms with Gasteiger partial charge in [0.15, 0.2) is 0 Å². The van der Waals surface area contributed by atoms with Crippen molar-refractivity contribution < 1.29 is 4.74 Å². The molecule has 0 atom stereocenters. The number of nitrogens with one attached hydrogen (secondary N) is 1. The minimum Gasteiger partial charge on any atom is -0.379 e. The first-order valence-electron chi connectivity index (χ1n) is 7.67. The lowest BCUT2D eigenvalue weighted by atomic mass is 10.2. The first-order chi connectivity index (χ1) is 10.1. The minimum absolute atomic E-state index is 0.574. The van der Waals surface area contributed by atoms with Crippen LogP contribution in [0.4, 0.5) is 0 Å². The zero-order valence-electron chi connectivity index (χ0n) is 13.2. The number of rotatable bonds is 8. The first kappa shape index (κ1) is 16.3. The molecule has 1 N–H and O–H groups in total. The van der Waals surface area contributed by atoms with Gasteiger partial charge in [0.25, 0.3) is 0 Å². The van der Waals surface area contributed by atoms with E-state index in [1.165, 1.54) is 16.5 Å². The fraction of sp³-hybridized carbons (Fsp3) is 0.529. The highest BCUT2D eigenvalue weighted by Gasteiger charge is 2.09. The summed E-state index contributed by atoms with van der Waals surface area (Å²) in [5, 5.41) is 5.43. The van der Waals surface area contributed by atoms with E-state index in [4.69, 9.17) is 16.3 Å². The van der Waals surface area contributed by atoms with Gasteiger partial charge in [-0.05, 0) is 30.2 Å². The van der Waals surface area contributed by atoms with E-state index < -0.39 is 0 Å². The third kappa shape index (κ3) is 4.47. The molecule has 2 rings (SSSR count). The molecule has 1 aromatic carbocycles. The van der Waals surface area contributed by atoms with Crippen LogP contribution < -0.4 is 5.32 Å². The van der Waals surface area contributed by atoms with Gasteiger partial charge in [-0.1, -0.05) is 38.4 Å². The number of nitrogens with zero attached hydrogens (tertiary/aromatic N) is 1. The summed E-state index contributed by atoms with van der Waals surface area (Å²) < 4.78 is 7.94. The maximum atomic E-state index is 6.15. The third-order valence-electron chi connectivity index (χ3n) is 3.42. The van der Waals surface area contributed by atoms with Crippen LogP contribution in [-0.2, 0) is 17.8 Å². The molecule has 21 heavy (non-hydrogen) atoms. The molecule has 1 aromatic heterocycles. The molecule has 0 saturated carbocycles. The van der Waals surface area contributed by atoms with Crippen molar-refractivity contribution in [2.24, 2.45) is 5.92 Å². The van der Waals surface area contributed by atoms with E-state index in [0.717, 1.165) is 37.9 Å². The SMILES string of the molecule is CCNCc1cn(CCOCC(C)C)c2cc(Cl)ccc12. The summed E-state index contributed by atoms with van der Waals surface area (Å²) in [4.78, 5) is 0. The summed E-state index contributed by atoms with van der Waals surface area (Å²) in [7, 11) is 0. The zero-order valence-corrected chi connectivity index (χ0v) is 13.9. The van der Waals surface area contributed by atoms with E-state index in [1.807, 2.05) is 12.1 Å². The fourth-order valence-corrected chi connectivity index (χ4v) is 2.57. The Bertz CT molecular complexity index is 577.